The van der Waals surface area contributed by atoms with Crippen LogP contribution >= 0.6 is 11.3 Å². The zero-order valence-corrected chi connectivity index (χ0v) is 19.5. The Labute approximate surface area is 195 Å². The van der Waals surface area contributed by atoms with Crippen LogP contribution in [0.1, 0.15) is 12.8 Å². The molecule has 0 bridgehead atoms. The van der Waals surface area contributed by atoms with Crippen LogP contribution in [0.4, 0.5) is 16.4 Å². The van der Waals surface area contributed by atoms with Gasteiger partial charge in [0.1, 0.15) is 23.3 Å². The number of rotatable bonds is 7. The van der Waals surface area contributed by atoms with Gasteiger partial charge in [-0.3, -0.25) is 10.6 Å². The van der Waals surface area contributed by atoms with Gasteiger partial charge in [0, 0.05) is 23.1 Å². The zero-order valence-electron chi connectivity index (χ0n) is 17.9. The van der Waals surface area contributed by atoms with E-state index in [4.69, 9.17) is 9.88 Å². The lowest BCUT2D eigenvalue weighted by molar-refractivity contribution is 0.193. The maximum Gasteiger partial charge on any atom is 0.326 e. The van der Waals surface area contributed by atoms with Crippen LogP contribution < -0.4 is 20.5 Å². The molecule has 1 aromatic carbocycles. The molecule has 1 fully saturated rings. The number of anilines is 2. The van der Waals surface area contributed by atoms with Crippen LogP contribution in [0.3, 0.4) is 0 Å². The van der Waals surface area contributed by atoms with Crippen LogP contribution in [0.25, 0.3) is 10.6 Å². The number of hydrogen-bond acceptors (Lipinski definition) is 8. The van der Waals surface area contributed by atoms with Crippen molar-refractivity contribution in [3.63, 3.8) is 0 Å². The summed E-state index contributed by atoms with van der Waals surface area (Å²) in [5.74, 6) is 1.12. The molecule has 0 aliphatic carbocycles. The molecule has 33 heavy (non-hydrogen) atoms. The van der Waals surface area contributed by atoms with E-state index in [0.717, 1.165) is 19.4 Å². The number of pyridine rings is 1. The second kappa shape index (κ2) is 9.83. The van der Waals surface area contributed by atoms with E-state index in [1.165, 1.54) is 23.5 Å². The predicted molar refractivity (Wildman–Crippen MR) is 127 cm³/mol. The fourth-order valence-corrected chi connectivity index (χ4v) is 4.78. The van der Waals surface area contributed by atoms with Crippen LogP contribution in [0.5, 0.6) is 5.88 Å². The maximum absolute atomic E-state index is 12.4. The van der Waals surface area contributed by atoms with Crippen LogP contribution in [0.15, 0.2) is 52.7 Å². The molecule has 3 aromatic rings. The Kier molecular flexibility index (Phi) is 6.88. The van der Waals surface area contributed by atoms with Gasteiger partial charge < -0.3 is 9.64 Å². The van der Waals surface area contributed by atoms with E-state index >= 15 is 0 Å². The smallest absolute Gasteiger partial charge is 0.326 e. The average molecular weight is 489 g/mol. The topological polar surface area (TPSA) is 140 Å². The summed E-state index contributed by atoms with van der Waals surface area (Å²) in [5.41, 5.74) is 0.583. The highest BCUT2D eigenvalue weighted by Crippen LogP contribution is 2.27. The van der Waals surface area contributed by atoms with Crippen molar-refractivity contribution < 1.29 is 17.9 Å². The number of hydrogen-bond donors (Lipinski definition) is 3. The number of nitrogens with zero attached hydrogens (tertiary/aromatic N) is 3. The van der Waals surface area contributed by atoms with Crippen molar-refractivity contribution in [3.05, 3.63) is 47.8 Å². The van der Waals surface area contributed by atoms with Crippen molar-refractivity contribution in [1.29, 1.82) is 0 Å². The van der Waals surface area contributed by atoms with Crippen LogP contribution in [-0.4, -0.2) is 55.6 Å². The fourth-order valence-electron chi connectivity index (χ4n) is 3.47. The van der Waals surface area contributed by atoms with Gasteiger partial charge in [-0.1, -0.05) is 18.2 Å². The fraction of sp³-hybridized carbons (Fsp3) is 0.286. The van der Waals surface area contributed by atoms with Gasteiger partial charge in [0.25, 0.3) is 0 Å². The number of nitrogens with two attached hydrogens (primary N) is 1. The highest BCUT2D eigenvalue weighted by atomic mass is 32.2. The molecule has 0 saturated carbocycles. The third kappa shape index (κ3) is 6.05. The minimum atomic E-state index is -3.82. The number of sulfonamides is 1. The number of likely N-dealkylation sites (tertiary alicyclic amines) is 1. The molecule has 12 heteroatoms. The van der Waals surface area contributed by atoms with E-state index in [9.17, 15) is 13.2 Å². The lowest BCUT2D eigenvalue weighted by Crippen LogP contribution is -2.30. The van der Waals surface area contributed by atoms with Gasteiger partial charge in [0.05, 0.1) is 4.90 Å². The van der Waals surface area contributed by atoms with Gasteiger partial charge in [-0.05, 0) is 44.6 Å². The Morgan fingerprint density at radius 2 is 2.00 bits per heavy atom. The van der Waals surface area contributed by atoms with Crippen molar-refractivity contribution in [2.24, 2.45) is 5.14 Å². The maximum atomic E-state index is 12.4. The number of carbonyl (C=O) groups is 1. The molecular weight excluding hydrogens is 464 g/mol. The van der Waals surface area contributed by atoms with Gasteiger partial charge in [0.2, 0.25) is 15.9 Å². The summed E-state index contributed by atoms with van der Waals surface area (Å²) in [7, 11) is -1.74. The summed E-state index contributed by atoms with van der Waals surface area (Å²) in [6.07, 6.45) is 2.26. The Hall–Kier alpha value is -3.06. The first-order chi connectivity index (χ1) is 15.8. The molecule has 1 saturated heterocycles. The Bertz CT molecular complexity index is 1250. The minimum Gasteiger partial charge on any atom is -0.476 e. The molecule has 0 radical (unpaired) electrons. The standard InChI is InChI=1S/C21H24N6O4S2/c1-27-10-4-6-15(27)12-31-19-9-3-8-17(23-19)25-21(28)26-18-13-32-20(24-18)14-5-2-7-16(11-14)33(22,29)30/h2-3,5,7-9,11,13,15H,4,6,10,12H2,1H3,(H2,22,29,30)(H2,23,25,26,28)/t15-/m0/s1. The SMILES string of the molecule is CN1CCC[C@H]1COc1cccc(NC(=O)Nc2csc(-c3cccc(S(N)(=O)=O)c3)n2)n1. The van der Waals surface area contributed by atoms with E-state index in [-0.39, 0.29) is 4.90 Å². The number of likely N-dealkylation sites (N-methyl/N-ethyl adjacent to an activating group) is 1. The van der Waals surface area contributed by atoms with Gasteiger partial charge in [-0.2, -0.15) is 4.98 Å². The molecule has 4 rings (SSSR count). The molecule has 2 aromatic heterocycles. The molecule has 3 heterocycles. The number of aromatic nitrogens is 2. The van der Waals surface area contributed by atoms with E-state index in [2.05, 4.69) is 32.5 Å². The molecule has 1 aliphatic rings. The van der Waals surface area contributed by atoms with Crippen molar-refractivity contribution >= 4 is 39.0 Å². The Balaban J connectivity index is 1.36. The summed E-state index contributed by atoms with van der Waals surface area (Å²) in [6.45, 7) is 1.62. The number of thiazole rings is 1. The summed E-state index contributed by atoms with van der Waals surface area (Å²) in [4.78, 5) is 23.3. The number of nitrogens with one attached hydrogen (secondary N) is 2. The van der Waals surface area contributed by atoms with Crippen LogP contribution in [0.2, 0.25) is 0 Å². The molecule has 4 N–H and O–H groups in total. The summed E-state index contributed by atoms with van der Waals surface area (Å²) in [5, 5.41) is 12.7. The monoisotopic (exact) mass is 488 g/mol. The molecule has 2 amide bonds. The first-order valence-electron chi connectivity index (χ1n) is 10.2. The van der Waals surface area contributed by atoms with E-state index in [1.807, 2.05) is 0 Å². The Morgan fingerprint density at radius 3 is 2.76 bits per heavy atom. The van der Waals surface area contributed by atoms with Crippen molar-refractivity contribution in [1.82, 2.24) is 14.9 Å². The van der Waals surface area contributed by atoms with Gasteiger partial charge in [-0.25, -0.2) is 23.3 Å². The van der Waals surface area contributed by atoms with Crippen molar-refractivity contribution in [3.8, 4) is 16.5 Å². The first kappa shape index (κ1) is 23.1. The molecule has 1 atom stereocenters. The second-order valence-electron chi connectivity index (χ2n) is 7.64. The van der Waals surface area contributed by atoms with Crippen LogP contribution in [0, 0.1) is 0 Å². The largest absolute Gasteiger partial charge is 0.476 e. The number of urea groups is 1. The molecule has 10 nitrogen and oxygen atoms in total. The lowest BCUT2D eigenvalue weighted by Gasteiger charge is -2.19. The second-order valence-corrected chi connectivity index (χ2v) is 10.1. The van der Waals surface area contributed by atoms with Gasteiger partial charge >= 0.3 is 6.03 Å². The number of amides is 2. The number of carbonyl (C=O) groups excluding carboxylic acids is 1. The zero-order chi connectivity index (χ0) is 23.4. The third-order valence-corrected chi connectivity index (χ3v) is 7.02. The average Bonchev–Trinajstić information content (AvgIpc) is 3.41. The molecule has 174 valence electrons. The molecule has 0 spiro atoms. The molecular formula is C21H24N6O4S2. The number of ether oxygens (including phenoxy) is 1. The minimum absolute atomic E-state index is 0.00444. The molecule has 0 unspecified atom stereocenters. The van der Waals surface area contributed by atoms with Gasteiger partial charge in [-0.15, -0.1) is 11.3 Å². The van der Waals surface area contributed by atoms with Crippen molar-refractivity contribution in [2.45, 2.75) is 23.8 Å². The summed E-state index contributed by atoms with van der Waals surface area (Å²) in [6, 6.07) is 11.2. The van der Waals surface area contributed by atoms with E-state index in [0.29, 0.717) is 40.7 Å². The van der Waals surface area contributed by atoms with Crippen molar-refractivity contribution in [2.75, 3.05) is 30.8 Å². The van der Waals surface area contributed by atoms with Crippen LogP contribution in [-0.2, 0) is 10.0 Å². The number of primary sulfonamides is 1. The van der Waals surface area contributed by atoms with Gasteiger partial charge in [0.15, 0.2) is 0 Å². The summed E-state index contributed by atoms with van der Waals surface area (Å²) < 4.78 is 28.9. The highest BCUT2D eigenvalue weighted by Gasteiger charge is 2.21. The predicted octanol–water partition coefficient (Wildman–Crippen LogP) is 2.97. The van der Waals surface area contributed by atoms with E-state index in [1.54, 1.807) is 35.7 Å². The quantitative estimate of drug-likeness (QED) is 0.464. The Morgan fingerprint density at radius 1 is 1.21 bits per heavy atom. The highest BCUT2D eigenvalue weighted by molar-refractivity contribution is 7.89. The molecule has 1 aliphatic heterocycles. The normalized spacial score (nSPS) is 16.5. The van der Waals surface area contributed by atoms with E-state index < -0.39 is 16.1 Å². The number of benzene rings is 1. The summed E-state index contributed by atoms with van der Waals surface area (Å²) >= 11 is 1.26. The first-order valence-corrected chi connectivity index (χ1v) is 12.7. The lowest BCUT2D eigenvalue weighted by atomic mass is 10.2. The third-order valence-electron chi connectivity index (χ3n) is 5.22.